The maximum Gasteiger partial charge on any atom is 0.406 e. The van der Waals surface area contributed by atoms with Crippen LogP contribution in [0.15, 0.2) is 53.5 Å². The van der Waals surface area contributed by atoms with Crippen LogP contribution in [0.4, 0.5) is 13.2 Å². The second kappa shape index (κ2) is 6.77. The van der Waals surface area contributed by atoms with Gasteiger partial charge < -0.3 is 5.11 Å². The molecule has 9 heteroatoms. The number of fused-ring (bicyclic) bond motifs is 3. The molecule has 2 aromatic heterocycles. The van der Waals surface area contributed by atoms with Crippen LogP contribution in [0.3, 0.4) is 0 Å². The zero-order chi connectivity index (χ0) is 20.8. The van der Waals surface area contributed by atoms with Crippen LogP contribution in [0.5, 0.6) is 0 Å². The van der Waals surface area contributed by atoms with Crippen molar-refractivity contribution in [2.24, 2.45) is 0 Å². The van der Waals surface area contributed by atoms with E-state index in [0.717, 1.165) is 0 Å². The highest BCUT2D eigenvalue weighted by Crippen LogP contribution is 2.30. The molecule has 0 bridgehead atoms. The van der Waals surface area contributed by atoms with E-state index in [-0.39, 0.29) is 17.3 Å². The lowest BCUT2D eigenvalue weighted by Gasteiger charge is -2.15. The first-order chi connectivity index (χ1) is 13.7. The van der Waals surface area contributed by atoms with Gasteiger partial charge in [-0.25, -0.2) is 0 Å². The molecule has 4 aromatic rings. The molecule has 0 aliphatic heterocycles. The standard InChI is InChI=1S/C20H14F3N3O3/c21-20(22,23)10-26-16-7-12(13-4-2-1-3-11(13)8-17(27)28)5-6-14(16)18-15(19(26)29)9-24-25-18/h1-7,9H,8,10H2,(H,24,25)(H,27,28). The van der Waals surface area contributed by atoms with Crippen molar-refractivity contribution in [3.63, 3.8) is 0 Å². The average Bonchev–Trinajstić information content (AvgIpc) is 3.14. The first-order valence-corrected chi connectivity index (χ1v) is 8.61. The van der Waals surface area contributed by atoms with Crippen molar-refractivity contribution >= 4 is 27.8 Å². The molecule has 6 nitrogen and oxygen atoms in total. The first kappa shape index (κ1) is 18.7. The topological polar surface area (TPSA) is 88.0 Å². The van der Waals surface area contributed by atoms with Gasteiger partial charge in [-0.1, -0.05) is 36.4 Å². The number of hydrogen-bond acceptors (Lipinski definition) is 3. The number of benzene rings is 2. The Kier molecular flexibility index (Phi) is 4.37. The average molecular weight is 401 g/mol. The molecule has 0 aliphatic carbocycles. The number of nitrogens with zero attached hydrogens (tertiary/aromatic N) is 2. The molecule has 148 valence electrons. The number of hydrogen-bond donors (Lipinski definition) is 2. The smallest absolute Gasteiger partial charge is 0.406 e. The van der Waals surface area contributed by atoms with Gasteiger partial charge in [0, 0.05) is 5.39 Å². The number of aromatic amines is 1. The molecule has 0 unspecified atom stereocenters. The Labute approximate surface area is 161 Å². The van der Waals surface area contributed by atoms with E-state index in [1.54, 1.807) is 36.4 Å². The molecule has 0 fully saturated rings. The molecular weight excluding hydrogens is 387 g/mol. The molecule has 0 amide bonds. The van der Waals surface area contributed by atoms with Gasteiger partial charge in [-0.15, -0.1) is 0 Å². The van der Waals surface area contributed by atoms with Crippen molar-refractivity contribution in [3.05, 3.63) is 64.6 Å². The largest absolute Gasteiger partial charge is 0.481 e. The summed E-state index contributed by atoms with van der Waals surface area (Å²) in [5.41, 5.74) is 1.26. The molecule has 0 saturated carbocycles. The fourth-order valence-electron chi connectivity index (χ4n) is 3.50. The monoisotopic (exact) mass is 401 g/mol. The van der Waals surface area contributed by atoms with Crippen LogP contribution in [-0.4, -0.2) is 32.0 Å². The Morgan fingerprint density at radius 2 is 1.90 bits per heavy atom. The second-order valence-corrected chi connectivity index (χ2v) is 6.62. The number of H-pyrrole nitrogens is 1. The van der Waals surface area contributed by atoms with Crippen molar-refractivity contribution in [1.29, 1.82) is 0 Å². The first-order valence-electron chi connectivity index (χ1n) is 8.61. The third-order valence-corrected chi connectivity index (χ3v) is 4.68. The zero-order valence-corrected chi connectivity index (χ0v) is 14.8. The molecular formula is C20H14F3N3O3. The predicted molar refractivity (Wildman–Crippen MR) is 101 cm³/mol. The van der Waals surface area contributed by atoms with E-state index < -0.39 is 24.2 Å². The number of alkyl halides is 3. The van der Waals surface area contributed by atoms with Gasteiger partial charge in [0.25, 0.3) is 5.56 Å². The summed E-state index contributed by atoms with van der Waals surface area (Å²) in [4.78, 5) is 23.8. The quantitative estimate of drug-likeness (QED) is 0.545. The van der Waals surface area contributed by atoms with E-state index in [2.05, 4.69) is 10.2 Å². The van der Waals surface area contributed by atoms with Gasteiger partial charge >= 0.3 is 12.1 Å². The highest BCUT2D eigenvalue weighted by Gasteiger charge is 2.30. The number of aliphatic carboxylic acids is 1. The highest BCUT2D eigenvalue weighted by molar-refractivity contribution is 6.04. The van der Waals surface area contributed by atoms with E-state index in [1.807, 2.05) is 0 Å². The summed E-state index contributed by atoms with van der Waals surface area (Å²) in [6.07, 6.45) is -3.62. The van der Waals surface area contributed by atoms with Crippen molar-refractivity contribution in [2.75, 3.05) is 0 Å². The Morgan fingerprint density at radius 1 is 1.14 bits per heavy atom. The summed E-state index contributed by atoms with van der Waals surface area (Å²) in [6, 6.07) is 11.5. The summed E-state index contributed by atoms with van der Waals surface area (Å²) < 4.78 is 40.2. The van der Waals surface area contributed by atoms with Crippen LogP contribution in [0.25, 0.3) is 32.9 Å². The summed E-state index contributed by atoms with van der Waals surface area (Å²) in [5, 5.41) is 16.1. The summed E-state index contributed by atoms with van der Waals surface area (Å²) in [7, 11) is 0. The molecule has 4 rings (SSSR count). The SMILES string of the molecule is O=C(O)Cc1ccccc1-c1ccc2c3[nH]ncc3c(=O)n(CC(F)(F)F)c2c1. The number of rotatable bonds is 4. The van der Waals surface area contributed by atoms with Gasteiger partial charge in [0.1, 0.15) is 6.54 Å². The Balaban J connectivity index is 2.01. The van der Waals surface area contributed by atoms with Crippen molar-refractivity contribution < 1.29 is 23.1 Å². The van der Waals surface area contributed by atoms with E-state index in [0.29, 0.717) is 32.2 Å². The molecule has 0 spiro atoms. The third kappa shape index (κ3) is 3.46. The van der Waals surface area contributed by atoms with Gasteiger partial charge in [-0.3, -0.25) is 19.3 Å². The lowest BCUT2D eigenvalue weighted by Crippen LogP contribution is -2.28. The normalized spacial score (nSPS) is 12.0. The van der Waals surface area contributed by atoms with Gasteiger partial charge in [0.05, 0.1) is 29.0 Å². The molecule has 0 saturated heterocycles. The van der Waals surface area contributed by atoms with E-state index in [1.165, 1.54) is 12.3 Å². The second-order valence-electron chi connectivity index (χ2n) is 6.62. The van der Waals surface area contributed by atoms with Crippen LogP contribution >= 0.6 is 0 Å². The van der Waals surface area contributed by atoms with Crippen LogP contribution in [0.2, 0.25) is 0 Å². The van der Waals surface area contributed by atoms with E-state index >= 15 is 0 Å². The van der Waals surface area contributed by atoms with E-state index in [4.69, 9.17) is 5.11 Å². The van der Waals surface area contributed by atoms with Crippen molar-refractivity contribution in [3.8, 4) is 11.1 Å². The maximum absolute atomic E-state index is 13.2. The van der Waals surface area contributed by atoms with Gasteiger partial charge in [-0.2, -0.15) is 18.3 Å². The lowest BCUT2D eigenvalue weighted by atomic mass is 9.96. The van der Waals surface area contributed by atoms with Crippen LogP contribution in [0, 0.1) is 0 Å². The lowest BCUT2D eigenvalue weighted by molar-refractivity contribution is -0.140. The van der Waals surface area contributed by atoms with Gasteiger partial charge in [-0.05, 0) is 22.8 Å². The Bertz CT molecular complexity index is 1310. The minimum Gasteiger partial charge on any atom is -0.481 e. The number of carboxylic acid groups (broad SMARTS) is 1. The van der Waals surface area contributed by atoms with Crippen molar-refractivity contribution in [1.82, 2.24) is 14.8 Å². The fraction of sp³-hybridized carbons (Fsp3) is 0.150. The van der Waals surface area contributed by atoms with E-state index in [9.17, 15) is 22.8 Å². The Morgan fingerprint density at radius 3 is 2.62 bits per heavy atom. The van der Waals surface area contributed by atoms with Crippen LogP contribution in [0.1, 0.15) is 5.56 Å². The number of halogens is 3. The van der Waals surface area contributed by atoms with Crippen LogP contribution in [-0.2, 0) is 17.8 Å². The highest BCUT2D eigenvalue weighted by atomic mass is 19.4. The molecule has 0 aliphatic rings. The molecule has 2 N–H and O–H groups in total. The third-order valence-electron chi connectivity index (χ3n) is 4.68. The Hall–Kier alpha value is -3.62. The number of carbonyl (C=O) groups is 1. The van der Waals surface area contributed by atoms with Crippen LogP contribution < -0.4 is 5.56 Å². The minimum atomic E-state index is -4.59. The fourth-order valence-corrected chi connectivity index (χ4v) is 3.50. The van der Waals surface area contributed by atoms with Crippen molar-refractivity contribution in [2.45, 2.75) is 19.1 Å². The number of carboxylic acids is 1. The molecule has 29 heavy (non-hydrogen) atoms. The zero-order valence-electron chi connectivity index (χ0n) is 14.8. The minimum absolute atomic E-state index is 0.0702. The summed E-state index contributed by atoms with van der Waals surface area (Å²) in [6.45, 7) is -1.44. The van der Waals surface area contributed by atoms with Gasteiger partial charge in [0.2, 0.25) is 0 Å². The number of aromatic nitrogens is 3. The van der Waals surface area contributed by atoms with Gasteiger partial charge in [0.15, 0.2) is 0 Å². The number of nitrogens with one attached hydrogen (secondary N) is 1. The summed E-state index contributed by atoms with van der Waals surface area (Å²) in [5.74, 6) is -1.02. The number of pyridine rings is 1. The maximum atomic E-state index is 13.2. The molecule has 0 radical (unpaired) electrons. The molecule has 0 atom stereocenters. The summed E-state index contributed by atoms with van der Waals surface area (Å²) >= 11 is 0. The predicted octanol–water partition coefficient (Wildman–Crippen LogP) is 3.73. The molecule has 2 heterocycles. The molecule has 2 aromatic carbocycles.